The van der Waals surface area contributed by atoms with Crippen molar-refractivity contribution >= 4 is 12.0 Å². The zero-order valence-electron chi connectivity index (χ0n) is 20.9. The number of carbonyl (C=O) groups excluding carboxylic acids is 1. The molecule has 1 aromatic heterocycles. The number of hydrogen-bond acceptors (Lipinski definition) is 7. The number of amides is 1. The first-order valence-electron chi connectivity index (χ1n) is 12.5. The molecule has 3 heterocycles. The maximum Gasteiger partial charge on any atom is 0.410 e. The first-order chi connectivity index (χ1) is 17.6. The fourth-order valence-corrected chi connectivity index (χ4v) is 4.55. The third-order valence-corrected chi connectivity index (χ3v) is 6.80. The Morgan fingerprint density at radius 3 is 2.56 bits per heavy atom. The van der Waals surface area contributed by atoms with Crippen LogP contribution in [0, 0.1) is 5.92 Å². The average Bonchev–Trinajstić information content (AvgIpc) is 2.92. The monoisotopic (exact) mass is 488 g/mol. The predicted molar refractivity (Wildman–Crippen MR) is 136 cm³/mol. The summed E-state index contributed by atoms with van der Waals surface area (Å²) in [5.74, 6) is 3.20. The largest absolute Gasteiger partial charge is 0.497 e. The maximum atomic E-state index is 12.9. The molecule has 1 saturated heterocycles. The van der Waals surface area contributed by atoms with E-state index in [0.29, 0.717) is 48.8 Å². The summed E-state index contributed by atoms with van der Waals surface area (Å²) in [6.45, 7) is 5.24. The molecule has 1 amide bonds. The van der Waals surface area contributed by atoms with Crippen molar-refractivity contribution < 1.29 is 19.0 Å². The van der Waals surface area contributed by atoms with Gasteiger partial charge in [0.25, 0.3) is 0 Å². The van der Waals surface area contributed by atoms with E-state index < -0.39 is 0 Å². The molecule has 1 fully saturated rings. The van der Waals surface area contributed by atoms with Crippen LogP contribution < -0.4 is 14.4 Å². The van der Waals surface area contributed by atoms with E-state index in [9.17, 15) is 4.79 Å². The van der Waals surface area contributed by atoms with Gasteiger partial charge in [-0.1, -0.05) is 43.3 Å². The van der Waals surface area contributed by atoms with Crippen LogP contribution in [0.2, 0.25) is 0 Å². The van der Waals surface area contributed by atoms with Crippen LogP contribution in [-0.2, 0) is 24.3 Å². The van der Waals surface area contributed by atoms with E-state index in [2.05, 4.69) is 11.8 Å². The van der Waals surface area contributed by atoms with Gasteiger partial charge in [-0.3, -0.25) is 0 Å². The van der Waals surface area contributed by atoms with E-state index in [1.54, 1.807) is 12.0 Å². The van der Waals surface area contributed by atoms with Gasteiger partial charge in [-0.2, -0.15) is 4.98 Å². The SMILES string of the molecule is COc1cccc(Oc2nc(N3CCC(C)CC3)nc3c2CN(C(=O)OCc2ccccc2)CC3)c1. The number of aromatic nitrogens is 2. The van der Waals surface area contributed by atoms with Crippen LogP contribution in [0.3, 0.4) is 0 Å². The molecule has 0 unspecified atom stereocenters. The number of fused-ring (bicyclic) bond motifs is 1. The molecule has 36 heavy (non-hydrogen) atoms. The molecule has 0 radical (unpaired) electrons. The predicted octanol–water partition coefficient (Wildman–Crippen LogP) is 5.21. The summed E-state index contributed by atoms with van der Waals surface area (Å²) in [7, 11) is 1.63. The van der Waals surface area contributed by atoms with Gasteiger partial charge in [0.15, 0.2) is 0 Å². The number of ether oxygens (including phenoxy) is 3. The zero-order valence-corrected chi connectivity index (χ0v) is 20.9. The molecule has 0 atom stereocenters. The van der Waals surface area contributed by atoms with Crippen LogP contribution in [0.15, 0.2) is 54.6 Å². The molecule has 0 N–H and O–H groups in total. The van der Waals surface area contributed by atoms with Gasteiger partial charge in [-0.25, -0.2) is 9.78 Å². The van der Waals surface area contributed by atoms with Crippen LogP contribution in [0.4, 0.5) is 10.7 Å². The second kappa shape index (κ2) is 10.8. The van der Waals surface area contributed by atoms with Crippen molar-refractivity contribution in [3.8, 4) is 17.4 Å². The Balaban J connectivity index is 1.39. The van der Waals surface area contributed by atoms with Gasteiger partial charge in [0.2, 0.25) is 11.8 Å². The Morgan fingerprint density at radius 2 is 1.78 bits per heavy atom. The molecule has 0 aliphatic carbocycles. The Hall–Kier alpha value is -3.81. The normalized spacial score (nSPS) is 15.8. The summed E-state index contributed by atoms with van der Waals surface area (Å²) in [5, 5.41) is 0. The van der Waals surface area contributed by atoms with Gasteiger partial charge >= 0.3 is 6.09 Å². The third-order valence-electron chi connectivity index (χ3n) is 6.80. The smallest absolute Gasteiger partial charge is 0.410 e. The van der Waals surface area contributed by atoms with Gasteiger partial charge in [-0.15, -0.1) is 0 Å². The fraction of sp³-hybridized carbons (Fsp3) is 0.393. The summed E-state index contributed by atoms with van der Waals surface area (Å²) >= 11 is 0. The number of anilines is 1. The molecular formula is C28H32N4O4. The van der Waals surface area contributed by atoms with Crippen molar-refractivity contribution in [1.29, 1.82) is 0 Å². The second-order valence-electron chi connectivity index (χ2n) is 9.42. The fourth-order valence-electron chi connectivity index (χ4n) is 4.55. The lowest BCUT2D eigenvalue weighted by atomic mass is 9.99. The van der Waals surface area contributed by atoms with Crippen LogP contribution in [-0.4, -0.2) is 47.7 Å². The molecule has 188 valence electrons. The minimum atomic E-state index is -0.356. The van der Waals surface area contributed by atoms with Crippen molar-refractivity contribution in [1.82, 2.24) is 14.9 Å². The number of benzene rings is 2. The number of methoxy groups -OCH3 is 1. The van der Waals surface area contributed by atoms with Gasteiger partial charge in [0, 0.05) is 32.1 Å². The van der Waals surface area contributed by atoms with E-state index in [4.69, 9.17) is 24.2 Å². The van der Waals surface area contributed by atoms with E-state index >= 15 is 0 Å². The average molecular weight is 489 g/mol. The highest BCUT2D eigenvalue weighted by Gasteiger charge is 2.29. The highest BCUT2D eigenvalue weighted by atomic mass is 16.6. The minimum Gasteiger partial charge on any atom is -0.497 e. The first kappa shape index (κ1) is 23.9. The van der Waals surface area contributed by atoms with Gasteiger partial charge in [-0.05, 0) is 36.5 Å². The number of rotatable bonds is 6. The van der Waals surface area contributed by atoms with Crippen molar-refractivity contribution in [2.24, 2.45) is 5.92 Å². The van der Waals surface area contributed by atoms with E-state index in [1.165, 1.54) is 0 Å². The van der Waals surface area contributed by atoms with Crippen molar-refractivity contribution in [2.45, 2.75) is 39.3 Å². The number of hydrogen-bond donors (Lipinski definition) is 0. The molecule has 2 aliphatic rings. The standard InChI is InChI=1S/C28H32N4O4/c1-20-11-14-31(15-12-20)27-29-25-13-16-32(28(33)35-19-21-7-4-3-5-8-21)18-24(25)26(30-27)36-23-10-6-9-22(17-23)34-2/h3-10,17,20H,11-16,18-19H2,1-2H3. The van der Waals surface area contributed by atoms with Crippen molar-refractivity contribution in [2.75, 3.05) is 31.6 Å². The molecule has 2 aliphatic heterocycles. The summed E-state index contributed by atoms with van der Waals surface area (Å²) < 4.78 is 17.2. The third kappa shape index (κ3) is 5.53. The molecule has 0 spiro atoms. The number of carbonyl (C=O) groups is 1. The highest BCUT2D eigenvalue weighted by Crippen LogP contribution is 2.33. The van der Waals surface area contributed by atoms with Crippen molar-refractivity contribution in [3.05, 3.63) is 71.4 Å². The molecule has 8 heteroatoms. The van der Waals surface area contributed by atoms with Crippen LogP contribution in [0.25, 0.3) is 0 Å². The van der Waals surface area contributed by atoms with Crippen LogP contribution in [0.5, 0.6) is 17.4 Å². The Labute approximate surface area is 211 Å². The molecule has 0 saturated carbocycles. The van der Waals surface area contributed by atoms with Crippen LogP contribution >= 0.6 is 0 Å². The van der Waals surface area contributed by atoms with E-state index in [-0.39, 0.29) is 12.7 Å². The first-order valence-corrected chi connectivity index (χ1v) is 12.5. The maximum absolute atomic E-state index is 12.9. The minimum absolute atomic E-state index is 0.235. The lowest BCUT2D eigenvalue weighted by Gasteiger charge is -2.33. The highest BCUT2D eigenvalue weighted by molar-refractivity contribution is 5.68. The quantitative estimate of drug-likeness (QED) is 0.471. The van der Waals surface area contributed by atoms with Crippen LogP contribution in [0.1, 0.15) is 36.6 Å². The number of nitrogens with zero attached hydrogens (tertiary/aromatic N) is 4. The van der Waals surface area contributed by atoms with Gasteiger partial charge < -0.3 is 24.0 Å². The summed E-state index contributed by atoms with van der Waals surface area (Å²) in [6.07, 6.45) is 2.50. The Kier molecular flexibility index (Phi) is 7.21. The van der Waals surface area contributed by atoms with Gasteiger partial charge in [0.1, 0.15) is 18.1 Å². The summed E-state index contributed by atoms with van der Waals surface area (Å²) in [6, 6.07) is 17.1. The second-order valence-corrected chi connectivity index (χ2v) is 9.42. The molecular weight excluding hydrogens is 456 g/mol. The molecule has 2 aromatic carbocycles. The topological polar surface area (TPSA) is 77.0 Å². The molecule has 0 bridgehead atoms. The molecule has 3 aromatic rings. The van der Waals surface area contributed by atoms with Gasteiger partial charge in [0.05, 0.1) is 24.9 Å². The Bertz CT molecular complexity index is 1200. The van der Waals surface area contributed by atoms with E-state index in [1.807, 2.05) is 54.6 Å². The summed E-state index contributed by atoms with van der Waals surface area (Å²) in [4.78, 5) is 26.6. The number of piperidine rings is 1. The lowest BCUT2D eigenvalue weighted by molar-refractivity contribution is 0.0912. The Morgan fingerprint density at radius 1 is 1.00 bits per heavy atom. The zero-order chi connectivity index (χ0) is 24.9. The summed E-state index contributed by atoms with van der Waals surface area (Å²) in [5.41, 5.74) is 2.69. The lowest BCUT2D eigenvalue weighted by Crippen LogP contribution is -2.38. The van der Waals surface area contributed by atoms with E-state index in [0.717, 1.165) is 42.8 Å². The van der Waals surface area contributed by atoms with Crippen molar-refractivity contribution in [3.63, 3.8) is 0 Å². The molecule has 8 nitrogen and oxygen atoms in total. The molecule has 5 rings (SSSR count).